The van der Waals surface area contributed by atoms with Crippen molar-refractivity contribution in [3.05, 3.63) is 48.2 Å². The van der Waals surface area contributed by atoms with Crippen molar-refractivity contribution in [3.8, 4) is 0 Å². The van der Waals surface area contributed by atoms with Gasteiger partial charge in [0.1, 0.15) is 5.82 Å². The molecule has 1 saturated heterocycles. The Morgan fingerprint density at radius 2 is 1.92 bits per heavy atom. The molecule has 1 amide bonds. The van der Waals surface area contributed by atoms with E-state index in [1.54, 1.807) is 25.4 Å². The van der Waals surface area contributed by atoms with E-state index in [0.717, 1.165) is 18.8 Å². The molecule has 6 nitrogen and oxygen atoms in total. The highest BCUT2D eigenvalue weighted by molar-refractivity contribution is 5.94. The van der Waals surface area contributed by atoms with Gasteiger partial charge in [0.05, 0.1) is 6.61 Å². The van der Waals surface area contributed by atoms with Gasteiger partial charge in [-0.1, -0.05) is 0 Å². The van der Waals surface area contributed by atoms with Gasteiger partial charge >= 0.3 is 0 Å². The number of pyridine rings is 1. The molecule has 1 aromatic carbocycles. The molecule has 0 aliphatic carbocycles. The van der Waals surface area contributed by atoms with Crippen LogP contribution in [0.5, 0.6) is 0 Å². The van der Waals surface area contributed by atoms with Crippen LogP contribution < -0.4 is 15.5 Å². The topological polar surface area (TPSA) is 66.5 Å². The number of benzene rings is 1. The number of ether oxygens (including phenoxy) is 1. The van der Waals surface area contributed by atoms with E-state index in [1.807, 2.05) is 0 Å². The van der Waals surface area contributed by atoms with Crippen LogP contribution in [-0.4, -0.2) is 44.2 Å². The van der Waals surface area contributed by atoms with E-state index in [1.165, 1.54) is 24.9 Å². The number of nitrogens with zero attached hydrogens (tertiary/aromatic N) is 2. The van der Waals surface area contributed by atoms with Crippen molar-refractivity contribution in [3.63, 3.8) is 0 Å². The minimum Gasteiger partial charge on any atom is -0.383 e. The summed E-state index contributed by atoms with van der Waals surface area (Å²) in [5.74, 6) is 0.517. The highest BCUT2D eigenvalue weighted by atomic mass is 16.5. The summed E-state index contributed by atoms with van der Waals surface area (Å²) in [5.41, 5.74) is 2.79. The summed E-state index contributed by atoms with van der Waals surface area (Å²) in [7, 11) is 1.61. The summed E-state index contributed by atoms with van der Waals surface area (Å²) in [6.45, 7) is 3.24. The summed E-state index contributed by atoms with van der Waals surface area (Å²) < 4.78 is 4.94. The first kappa shape index (κ1) is 18.2. The van der Waals surface area contributed by atoms with E-state index >= 15 is 0 Å². The number of hydrogen-bond acceptors (Lipinski definition) is 5. The number of piperidine rings is 1. The normalized spacial score (nSPS) is 14.1. The molecule has 0 bridgehead atoms. The smallest absolute Gasteiger partial charge is 0.251 e. The Morgan fingerprint density at radius 1 is 1.15 bits per heavy atom. The summed E-state index contributed by atoms with van der Waals surface area (Å²) >= 11 is 0. The Kier molecular flexibility index (Phi) is 6.44. The van der Waals surface area contributed by atoms with Gasteiger partial charge < -0.3 is 20.3 Å². The van der Waals surface area contributed by atoms with Crippen LogP contribution in [0.2, 0.25) is 0 Å². The van der Waals surface area contributed by atoms with Gasteiger partial charge in [0.25, 0.3) is 5.91 Å². The number of amides is 1. The van der Waals surface area contributed by atoms with Crippen LogP contribution in [0.3, 0.4) is 0 Å². The van der Waals surface area contributed by atoms with Gasteiger partial charge in [-0.3, -0.25) is 4.79 Å². The van der Waals surface area contributed by atoms with E-state index in [2.05, 4.69) is 44.8 Å². The Morgan fingerprint density at radius 3 is 2.65 bits per heavy atom. The molecule has 6 heteroatoms. The first-order valence-corrected chi connectivity index (χ1v) is 9.11. The highest BCUT2D eigenvalue weighted by Gasteiger charge is 2.11. The van der Waals surface area contributed by atoms with Crippen molar-refractivity contribution < 1.29 is 9.53 Å². The quantitative estimate of drug-likeness (QED) is 0.748. The van der Waals surface area contributed by atoms with Crippen molar-refractivity contribution in [2.24, 2.45) is 0 Å². The zero-order chi connectivity index (χ0) is 18.2. The Hall–Kier alpha value is -2.60. The summed E-state index contributed by atoms with van der Waals surface area (Å²) in [4.78, 5) is 18.8. The second-order valence-corrected chi connectivity index (χ2v) is 6.40. The Bertz CT molecular complexity index is 712. The third kappa shape index (κ3) is 4.95. The predicted molar refractivity (Wildman–Crippen MR) is 104 cm³/mol. The number of anilines is 3. The van der Waals surface area contributed by atoms with Crippen LogP contribution in [0.25, 0.3) is 0 Å². The Labute approximate surface area is 154 Å². The molecule has 1 aromatic heterocycles. The molecule has 0 atom stereocenters. The maximum Gasteiger partial charge on any atom is 0.251 e. The van der Waals surface area contributed by atoms with E-state index in [9.17, 15) is 4.79 Å². The first-order chi connectivity index (χ1) is 12.8. The van der Waals surface area contributed by atoms with Crippen LogP contribution in [0, 0.1) is 0 Å². The highest BCUT2D eigenvalue weighted by Crippen LogP contribution is 2.23. The minimum atomic E-state index is -0.132. The summed E-state index contributed by atoms with van der Waals surface area (Å²) in [6, 6.07) is 11.8. The molecule has 2 aromatic rings. The molecule has 0 radical (unpaired) electrons. The van der Waals surface area contributed by atoms with Crippen LogP contribution in [0.15, 0.2) is 42.6 Å². The zero-order valence-electron chi connectivity index (χ0n) is 15.2. The third-order valence-corrected chi connectivity index (χ3v) is 4.47. The molecule has 1 fully saturated rings. The molecule has 3 rings (SSSR count). The van der Waals surface area contributed by atoms with Gasteiger partial charge in [-0.2, -0.15) is 0 Å². The summed E-state index contributed by atoms with van der Waals surface area (Å²) in [6.07, 6.45) is 5.50. The lowest BCUT2D eigenvalue weighted by Gasteiger charge is -2.28. The fourth-order valence-electron chi connectivity index (χ4n) is 3.06. The number of hydrogen-bond donors (Lipinski definition) is 2. The average Bonchev–Trinajstić information content (AvgIpc) is 2.69. The molecule has 2 heterocycles. The molecular weight excluding hydrogens is 328 g/mol. The third-order valence-electron chi connectivity index (χ3n) is 4.47. The zero-order valence-corrected chi connectivity index (χ0v) is 15.2. The average molecular weight is 354 g/mol. The van der Waals surface area contributed by atoms with Gasteiger partial charge in [-0.05, 0) is 55.7 Å². The number of methoxy groups -OCH3 is 1. The van der Waals surface area contributed by atoms with E-state index in [0.29, 0.717) is 24.5 Å². The van der Waals surface area contributed by atoms with Crippen LogP contribution in [0.1, 0.15) is 29.6 Å². The van der Waals surface area contributed by atoms with Crippen molar-refractivity contribution in [1.29, 1.82) is 0 Å². The SMILES string of the molecule is COCCNC(=O)c1ccnc(Nc2ccc(N3CCCCC3)cc2)c1. The lowest BCUT2D eigenvalue weighted by atomic mass is 10.1. The van der Waals surface area contributed by atoms with Crippen molar-refractivity contribution in [2.75, 3.05) is 43.6 Å². The van der Waals surface area contributed by atoms with Gasteiger partial charge in [-0.25, -0.2) is 4.98 Å². The molecule has 26 heavy (non-hydrogen) atoms. The van der Waals surface area contributed by atoms with Crippen molar-refractivity contribution >= 4 is 23.1 Å². The number of nitrogens with one attached hydrogen (secondary N) is 2. The van der Waals surface area contributed by atoms with Crippen LogP contribution >= 0.6 is 0 Å². The van der Waals surface area contributed by atoms with Crippen molar-refractivity contribution in [1.82, 2.24) is 10.3 Å². The largest absolute Gasteiger partial charge is 0.383 e. The van der Waals surface area contributed by atoms with E-state index < -0.39 is 0 Å². The number of aromatic nitrogens is 1. The second kappa shape index (κ2) is 9.20. The Balaban J connectivity index is 1.61. The molecule has 138 valence electrons. The fraction of sp³-hybridized carbons (Fsp3) is 0.400. The predicted octanol–water partition coefficient (Wildman–Crippen LogP) is 3.19. The monoisotopic (exact) mass is 354 g/mol. The molecular formula is C20H26N4O2. The van der Waals surface area contributed by atoms with E-state index in [4.69, 9.17) is 4.74 Å². The standard InChI is InChI=1S/C20H26N4O2/c1-26-14-11-22-20(25)16-9-10-21-19(15-16)23-17-5-7-18(8-6-17)24-12-3-2-4-13-24/h5-10,15H,2-4,11-14H2,1H3,(H,21,23)(H,22,25). The molecule has 0 spiro atoms. The summed E-state index contributed by atoms with van der Waals surface area (Å²) in [5, 5.41) is 6.07. The van der Waals surface area contributed by atoms with E-state index in [-0.39, 0.29) is 5.91 Å². The lowest BCUT2D eigenvalue weighted by Crippen LogP contribution is -2.29. The van der Waals surface area contributed by atoms with Gasteiger partial charge in [0, 0.05) is 49.9 Å². The number of carbonyl (C=O) groups is 1. The number of carbonyl (C=O) groups excluding carboxylic acids is 1. The first-order valence-electron chi connectivity index (χ1n) is 9.11. The molecule has 2 N–H and O–H groups in total. The van der Waals surface area contributed by atoms with Gasteiger partial charge in [0.2, 0.25) is 0 Å². The van der Waals surface area contributed by atoms with Crippen LogP contribution in [0.4, 0.5) is 17.2 Å². The second-order valence-electron chi connectivity index (χ2n) is 6.40. The number of rotatable bonds is 7. The fourth-order valence-corrected chi connectivity index (χ4v) is 3.06. The molecule has 0 unspecified atom stereocenters. The maximum atomic E-state index is 12.1. The van der Waals surface area contributed by atoms with Crippen molar-refractivity contribution in [2.45, 2.75) is 19.3 Å². The minimum absolute atomic E-state index is 0.132. The van der Waals surface area contributed by atoms with Gasteiger partial charge in [-0.15, -0.1) is 0 Å². The van der Waals surface area contributed by atoms with Gasteiger partial charge in [0.15, 0.2) is 0 Å². The molecule has 1 aliphatic rings. The maximum absolute atomic E-state index is 12.1. The molecule has 0 saturated carbocycles. The molecule has 1 aliphatic heterocycles. The van der Waals surface area contributed by atoms with Crippen LogP contribution in [-0.2, 0) is 4.74 Å². The lowest BCUT2D eigenvalue weighted by molar-refractivity contribution is 0.0937.